The average Bonchev–Trinajstić information content (AvgIpc) is 2.97. The number of Topliss-reactive ketones (excluding diaryl/α,β-unsaturated/α-hetero) is 1. The van der Waals surface area contributed by atoms with Crippen LogP contribution >= 0.6 is 23.2 Å². The fourth-order valence-electron chi connectivity index (χ4n) is 10.5. The molecule has 1 nitrogen and oxygen atoms in total. The normalized spacial score (nSPS) is 43.3. The van der Waals surface area contributed by atoms with Gasteiger partial charge in [0.05, 0.1) is 10.8 Å². The van der Waals surface area contributed by atoms with Gasteiger partial charge in [0.2, 0.25) is 0 Å². The molecule has 5 aliphatic rings. The van der Waals surface area contributed by atoms with Crippen LogP contribution in [0.25, 0.3) is 0 Å². The first-order valence-electron chi connectivity index (χ1n) is 17.3. The van der Waals surface area contributed by atoms with Gasteiger partial charge in [-0.2, -0.15) is 0 Å². The lowest BCUT2D eigenvalue weighted by Gasteiger charge is -2.67. The lowest BCUT2D eigenvalue weighted by molar-refractivity contribution is -0.173. The highest BCUT2D eigenvalue weighted by Gasteiger charge is 2.79. The zero-order valence-electron chi connectivity index (χ0n) is 24.9. The van der Waals surface area contributed by atoms with Gasteiger partial charge in [-0.3, -0.25) is 4.79 Å². The van der Waals surface area contributed by atoms with Gasteiger partial charge in [0, 0.05) is 0 Å². The van der Waals surface area contributed by atoms with Crippen molar-refractivity contribution in [1.82, 2.24) is 0 Å². The molecule has 0 radical (unpaired) electrons. The van der Waals surface area contributed by atoms with Crippen LogP contribution in [-0.4, -0.2) is 10.1 Å². The van der Waals surface area contributed by atoms with Crippen molar-refractivity contribution in [2.45, 2.75) is 166 Å². The van der Waals surface area contributed by atoms with Crippen LogP contribution in [0.15, 0.2) is 0 Å². The number of rotatable bonds is 9. The molecule has 0 aromatic heterocycles. The second-order valence-corrected chi connectivity index (χ2v) is 16.2. The summed E-state index contributed by atoms with van der Waals surface area (Å²) in [6.45, 7) is 4.65. The van der Waals surface area contributed by atoms with Gasteiger partial charge in [0.1, 0.15) is 4.33 Å². The summed E-state index contributed by atoms with van der Waals surface area (Å²) < 4.78 is -0.831. The van der Waals surface area contributed by atoms with E-state index in [1.165, 1.54) is 122 Å². The molecule has 0 heterocycles. The fraction of sp³-hybridized carbons (Fsp3) is 0.971. The highest BCUT2D eigenvalue weighted by atomic mass is 35.5. The Bertz CT molecular complexity index is 757. The summed E-state index contributed by atoms with van der Waals surface area (Å²) in [6, 6.07) is 0. The van der Waals surface area contributed by atoms with Gasteiger partial charge in [0.25, 0.3) is 0 Å². The third kappa shape index (κ3) is 5.41. The Balaban J connectivity index is 1.07. The first-order chi connectivity index (χ1) is 18.4. The van der Waals surface area contributed by atoms with Crippen molar-refractivity contribution in [1.29, 1.82) is 0 Å². The van der Waals surface area contributed by atoms with E-state index in [4.69, 9.17) is 23.2 Å². The van der Waals surface area contributed by atoms with Gasteiger partial charge in [-0.1, -0.05) is 108 Å². The Hall–Kier alpha value is 0.250. The minimum Gasteiger partial charge on any atom is -0.298 e. The van der Waals surface area contributed by atoms with Crippen LogP contribution in [0, 0.1) is 46.3 Å². The quantitative estimate of drug-likeness (QED) is 0.201. The van der Waals surface area contributed by atoms with Gasteiger partial charge < -0.3 is 0 Å². The fourth-order valence-corrected chi connectivity index (χ4v) is 11.6. The molecule has 0 aliphatic heterocycles. The summed E-state index contributed by atoms with van der Waals surface area (Å²) in [4.78, 5) is 14.0. The molecule has 5 aliphatic carbocycles. The minimum atomic E-state index is -0.831. The molecule has 0 amide bonds. The van der Waals surface area contributed by atoms with Crippen LogP contribution in [0.2, 0.25) is 0 Å². The molecule has 218 valence electrons. The maximum absolute atomic E-state index is 14.0. The highest BCUT2D eigenvalue weighted by Crippen LogP contribution is 2.75. The molecule has 38 heavy (non-hydrogen) atoms. The summed E-state index contributed by atoms with van der Waals surface area (Å²) >= 11 is 14.6. The molecule has 5 saturated carbocycles. The predicted octanol–water partition coefficient (Wildman–Crippen LogP) is 11.5. The van der Waals surface area contributed by atoms with E-state index in [0.717, 1.165) is 61.2 Å². The van der Waals surface area contributed by atoms with E-state index < -0.39 is 15.2 Å². The van der Waals surface area contributed by atoms with Gasteiger partial charge in [-0.15, -0.1) is 0 Å². The van der Waals surface area contributed by atoms with Gasteiger partial charge in [-0.25, -0.2) is 0 Å². The number of carbonyl (C=O) groups is 1. The molecule has 5 rings (SSSR count). The highest BCUT2D eigenvalue weighted by molar-refractivity contribution is 6.55. The molecule has 5 fully saturated rings. The standard InChI is InChI=1S/C35H58Cl2O/c1-3-5-6-7-8-9-27-12-16-29(17-13-27)31-20-24-34(25-21-31)32(38)33(35(34,36)37)22-18-30(19-23-33)28-14-10-26(4-2)11-15-28/h26-31H,3-25H2,1-2H3. The summed E-state index contributed by atoms with van der Waals surface area (Å²) in [7, 11) is 0. The molecular formula is C35H58Cl2O. The van der Waals surface area contributed by atoms with Gasteiger partial charge >= 0.3 is 0 Å². The second-order valence-electron chi connectivity index (χ2n) is 14.9. The van der Waals surface area contributed by atoms with E-state index in [1.807, 2.05) is 0 Å². The Kier molecular flexibility index (Phi) is 9.88. The van der Waals surface area contributed by atoms with Crippen LogP contribution in [0.3, 0.4) is 0 Å². The lowest BCUT2D eigenvalue weighted by atomic mass is 9.41. The number of ketones is 1. The minimum absolute atomic E-state index is 0.435. The maximum Gasteiger partial charge on any atom is 0.151 e. The van der Waals surface area contributed by atoms with Crippen LogP contribution in [0.5, 0.6) is 0 Å². The molecule has 0 atom stereocenters. The van der Waals surface area contributed by atoms with Gasteiger partial charge in [-0.05, 0) is 113 Å². The molecule has 0 aromatic rings. The van der Waals surface area contributed by atoms with Crippen molar-refractivity contribution in [3.05, 3.63) is 0 Å². The van der Waals surface area contributed by atoms with Gasteiger partial charge in [0.15, 0.2) is 5.78 Å². The van der Waals surface area contributed by atoms with Crippen LogP contribution in [-0.2, 0) is 4.79 Å². The smallest absolute Gasteiger partial charge is 0.151 e. The molecule has 0 unspecified atom stereocenters. The van der Waals surface area contributed by atoms with Crippen molar-refractivity contribution in [2.24, 2.45) is 46.3 Å². The van der Waals surface area contributed by atoms with Crippen molar-refractivity contribution in [3.8, 4) is 0 Å². The lowest BCUT2D eigenvalue weighted by Crippen LogP contribution is -2.74. The van der Waals surface area contributed by atoms with E-state index >= 15 is 0 Å². The third-order valence-electron chi connectivity index (χ3n) is 13.2. The molecule has 0 saturated heterocycles. The Morgan fingerprint density at radius 3 is 1.42 bits per heavy atom. The largest absolute Gasteiger partial charge is 0.298 e. The summed E-state index contributed by atoms with van der Waals surface area (Å²) in [5.41, 5.74) is -0.871. The Morgan fingerprint density at radius 2 is 1.00 bits per heavy atom. The van der Waals surface area contributed by atoms with Crippen molar-refractivity contribution >= 4 is 29.0 Å². The van der Waals surface area contributed by atoms with E-state index in [2.05, 4.69) is 13.8 Å². The number of hydrogen-bond acceptors (Lipinski definition) is 1. The topological polar surface area (TPSA) is 17.1 Å². The van der Waals surface area contributed by atoms with E-state index in [9.17, 15) is 4.79 Å². The number of carbonyl (C=O) groups excluding carboxylic acids is 1. The molecular weight excluding hydrogens is 507 g/mol. The maximum atomic E-state index is 14.0. The molecule has 0 N–H and O–H groups in total. The average molecular weight is 566 g/mol. The number of hydrogen-bond donors (Lipinski definition) is 0. The zero-order valence-corrected chi connectivity index (χ0v) is 26.4. The predicted molar refractivity (Wildman–Crippen MR) is 163 cm³/mol. The first kappa shape index (κ1) is 29.7. The molecule has 3 heteroatoms. The van der Waals surface area contributed by atoms with Crippen molar-refractivity contribution in [2.75, 3.05) is 0 Å². The van der Waals surface area contributed by atoms with E-state index in [-0.39, 0.29) is 0 Å². The summed E-state index contributed by atoms with van der Waals surface area (Å²) in [6.07, 6.45) is 29.8. The summed E-state index contributed by atoms with van der Waals surface area (Å²) in [5, 5.41) is 0. The Morgan fingerprint density at radius 1 is 0.579 bits per heavy atom. The van der Waals surface area contributed by atoms with Crippen LogP contribution < -0.4 is 0 Å². The monoisotopic (exact) mass is 564 g/mol. The number of unbranched alkanes of at least 4 members (excludes halogenated alkanes) is 4. The second kappa shape index (κ2) is 12.6. The molecule has 0 bridgehead atoms. The number of halogens is 2. The number of alkyl halides is 2. The van der Waals surface area contributed by atoms with E-state index in [1.54, 1.807) is 0 Å². The molecule has 0 aromatic carbocycles. The first-order valence-corrected chi connectivity index (χ1v) is 18.0. The van der Waals surface area contributed by atoms with Crippen LogP contribution in [0.4, 0.5) is 0 Å². The van der Waals surface area contributed by atoms with Crippen molar-refractivity contribution < 1.29 is 4.79 Å². The van der Waals surface area contributed by atoms with Crippen molar-refractivity contribution in [3.63, 3.8) is 0 Å². The summed E-state index contributed by atoms with van der Waals surface area (Å²) in [5.74, 6) is 5.78. The molecule has 2 spiro atoms. The zero-order chi connectivity index (χ0) is 26.8. The van der Waals surface area contributed by atoms with E-state index in [0.29, 0.717) is 5.78 Å². The van der Waals surface area contributed by atoms with Crippen LogP contribution in [0.1, 0.15) is 162 Å². The third-order valence-corrected chi connectivity index (χ3v) is 14.7. The SMILES string of the molecule is CCCCCCCC1CCC(C2CCC3(CC2)C(=O)C2(CCC(C4CCC(CC)CC4)CC2)C3(Cl)Cl)CC1. The Labute approximate surface area is 245 Å².